The van der Waals surface area contributed by atoms with E-state index in [4.69, 9.17) is 11.6 Å². The first-order valence-corrected chi connectivity index (χ1v) is 9.71. The predicted molar refractivity (Wildman–Crippen MR) is 98.9 cm³/mol. The minimum absolute atomic E-state index is 0.120. The summed E-state index contributed by atoms with van der Waals surface area (Å²) in [5, 5.41) is 0.629. The lowest BCUT2D eigenvalue weighted by atomic mass is 10.2. The highest BCUT2D eigenvalue weighted by Gasteiger charge is 2.17. The molecule has 0 aliphatic heterocycles. The van der Waals surface area contributed by atoms with Crippen LogP contribution in [0.15, 0.2) is 53.4 Å². The monoisotopic (exact) mass is 380 g/mol. The van der Waals surface area contributed by atoms with Crippen LogP contribution in [0.5, 0.6) is 0 Å². The van der Waals surface area contributed by atoms with Gasteiger partial charge in [0.05, 0.1) is 4.90 Å². The smallest absolute Gasteiger partial charge is 0.240 e. The lowest BCUT2D eigenvalue weighted by Crippen LogP contribution is -2.37. The van der Waals surface area contributed by atoms with Crippen molar-refractivity contribution < 1.29 is 13.2 Å². The molecule has 0 bridgehead atoms. The quantitative estimate of drug-likeness (QED) is 0.803. The van der Waals surface area contributed by atoms with Crippen LogP contribution in [0.2, 0.25) is 5.02 Å². The Morgan fingerprint density at radius 1 is 1.12 bits per heavy atom. The zero-order valence-corrected chi connectivity index (χ0v) is 15.8. The van der Waals surface area contributed by atoms with Gasteiger partial charge in [0, 0.05) is 31.6 Å². The molecule has 25 heavy (non-hydrogen) atoms. The number of carbonyl (C=O) groups is 1. The Labute approximate surface area is 153 Å². The third-order valence-electron chi connectivity index (χ3n) is 3.79. The number of aryl methyl sites for hydroxylation is 1. The van der Waals surface area contributed by atoms with Gasteiger partial charge in [-0.3, -0.25) is 4.79 Å². The molecular weight excluding hydrogens is 360 g/mol. The number of nitrogens with zero attached hydrogens (tertiary/aromatic N) is 1. The Kier molecular flexibility index (Phi) is 6.58. The van der Waals surface area contributed by atoms with Gasteiger partial charge >= 0.3 is 0 Å². The van der Waals surface area contributed by atoms with Crippen LogP contribution in [0.1, 0.15) is 18.1 Å². The van der Waals surface area contributed by atoms with E-state index in [0.29, 0.717) is 17.1 Å². The second-order valence-corrected chi connectivity index (χ2v) is 7.90. The second kappa shape index (κ2) is 8.47. The fourth-order valence-electron chi connectivity index (χ4n) is 2.41. The van der Waals surface area contributed by atoms with Crippen LogP contribution >= 0.6 is 11.6 Å². The third kappa shape index (κ3) is 5.56. The Morgan fingerprint density at radius 2 is 1.76 bits per heavy atom. The lowest BCUT2D eigenvalue weighted by molar-refractivity contribution is -0.129. The van der Waals surface area contributed by atoms with Crippen molar-refractivity contribution in [3.63, 3.8) is 0 Å². The van der Waals surface area contributed by atoms with E-state index in [0.717, 1.165) is 5.56 Å². The van der Waals surface area contributed by atoms with Crippen molar-refractivity contribution in [2.75, 3.05) is 13.1 Å². The minimum atomic E-state index is -3.60. The summed E-state index contributed by atoms with van der Waals surface area (Å²) < 4.78 is 27.3. The highest BCUT2D eigenvalue weighted by Crippen LogP contribution is 2.14. The van der Waals surface area contributed by atoms with Crippen LogP contribution in [-0.4, -0.2) is 32.3 Å². The van der Waals surface area contributed by atoms with Crippen LogP contribution in [-0.2, 0) is 21.4 Å². The van der Waals surface area contributed by atoms with Gasteiger partial charge in [-0.15, -0.1) is 0 Å². The zero-order chi connectivity index (χ0) is 18.4. The summed E-state index contributed by atoms with van der Waals surface area (Å²) in [5.41, 5.74) is 1.61. The van der Waals surface area contributed by atoms with E-state index in [1.165, 1.54) is 6.92 Å². The molecule has 0 radical (unpaired) electrons. The first-order chi connectivity index (χ1) is 11.8. The van der Waals surface area contributed by atoms with Gasteiger partial charge in [0.1, 0.15) is 0 Å². The summed E-state index contributed by atoms with van der Waals surface area (Å²) in [6.45, 7) is 4.04. The maximum absolute atomic E-state index is 12.4. The summed E-state index contributed by atoms with van der Waals surface area (Å²) in [6.07, 6.45) is 0. The highest BCUT2D eigenvalue weighted by atomic mass is 35.5. The molecule has 2 rings (SSSR count). The van der Waals surface area contributed by atoms with Crippen molar-refractivity contribution in [3.8, 4) is 0 Å². The molecule has 1 amide bonds. The largest absolute Gasteiger partial charge is 0.337 e. The molecule has 0 atom stereocenters. The zero-order valence-electron chi connectivity index (χ0n) is 14.2. The van der Waals surface area contributed by atoms with E-state index >= 15 is 0 Å². The van der Waals surface area contributed by atoms with Crippen LogP contribution < -0.4 is 4.72 Å². The lowest BCUT2D eigenvalue weighted by Gasteiger charge is -2.21. The third-order valence-corrected chi connectivity index (χ3v) is 5.66. The van der Waals surface area contributed by atoms with Crippen molar-refractivity contribution in [1.82, 2.24) is 9.62 Å². The van der Waals surface area contributed by atoms with E-state index in [9.17, 15) is 13.2 Å². The second-order valence-electron chi connectivity index (χ2n) is 5.73. The summed E-state index contributed by atoms with van der Waals surface area (Å²) in [4.78, 5) is 13.7. The average molecular weight is 381 g/mol. The molecule has 0 aliphatic rings. The molecule has 134 valence electrons. The van der Waals surface area contributed by atoms with Crippen LogP contribution in [0.3, 0.4) is 0 Å². The van der Waals surface area contributed by atoms with E-state index in [1.807, 2.05) is 12.1 Å². The summed E-state index contributed by atoms with van der Waals surface area (Å²) >= 11 is 5.86. The highest BCUT2D eigenvalue weighted by molar-refractivity contribution is 7.89. The molecule has 0 spiro atoms. The molecular formula is C18H21ClN2O3S. The number of nitrogens with one attached hydrogen (secondary N) is 1. The molecule has 0 aromatic heterocycles. The number of sulfonamides is 1. The Bertz CT molecular complexity index is 836. The molecule has 2 aromatic carbocycles. The standard InChI is InChI=1S/C18H21ClN2O3S/c1-14-5-3-4-6-18(14)25(23,24)20-11-12-21(15(2)22)13-16-7-9-17(19)10-8-16/h3-10,20H,11-13H2,1-2H3. The van der Waals surface area contributed by atoms with E-state index in [2.05, 4.69) is 4.72 Å². The number of hydrogen-bond donors (Lipinski definition) is 1. The Balaban J connectivity index is 1.98. The van der Waals surface area contributed by atoms with Crippen molar-refractivity contribution in [2.24, 2.45) is 0 Å². The van der Waals surface area contributed by atoms with Gasteiger partial charge in [0.15, 0.2) is 0 Å². The maximum atomic E-state index is 12.4. The fraction of sp³-hybridized carbons (Fsp3) is 0.278. The van der Waals surface area contributed by atoms with E-state index < -0.39 is 10.0 Å². The summed E-state index contributed by atoms with van der Waals surface area (Å²) in [7, 11) is -3.60. The first-order valence-electron chi connectivity index (χ1n) is 7.85. The van der Waals surface area contributed by atoms with Gasteiger partial charge in [-0.2, -0.15) is 0 Å². The number of hydrogen-bond acceptors (Lipinski definition) is 3. The molecule has 1 N–H and O–H groups in total. The molecule has 2 aromatic rings. The number of halogens is 1. The number of amides is 1. The molecule has 0 aliphatic carbocycles. The molecule has 0 fully saturated rings. The molecule has 5 nitrogen and oxygen atoms in total. The molecule has 0 unspecified atom stereocenters. The van der Waals surface area contributed by atoms with Crippen LogP contribution in [0.25, 0.3) is 0 Å². The van der Waals surface area contributed by atoms with Gasteiger partial charge in [0.25, 0.3) is 0 Å². The van der Waals surface area contributed by atoms with Crippen molar-refractivity contribution >= 4 is 27.5 Å². The summed E-state index contributed by atoms with van der Waals surface area (Å²) in [5.74, 6) is -0.120. The van der Waals surface area contributed by atoms with Gasteiger partial charge in [-0.1, -0.05) is 41.9 Å². The predicted octanol–water partition coefficient (Wildman–Crippen LogP) is 2.98. The Hall–Kier alpha value is -1.89. The van der Waals surface area contributed by atoms with Crippen molar-refractivity contribution in [3.05, 3.63) is 64.7 Å². The van der Waals surface area contributed by atoms with E-state index in [1.54, 1.807) is 48.2 Å². The van der Waals surface area contributed by atoms with Gasteiger partial charge in [-0.05, 0) is 36.2 Å². The SMILES string of the molecule is CC(=O)N(CCNS(=O)(=O)c1ccccc1C)Cc1ccc(Cl)cc1. The minimum Gasteiger partial charge on any atom is -0.337 e. The number of benzene rings is 2. The number of rotatable bonds is 7. The first kappa shape index (κ1) is 19.4. The number of carbonyl (C=O) groups excluding carboxylic acids is 1. The van der Waals surface area contributed by atoms with Crippen LogP contribution in [0, 0.1) is 6.92 Å². The Morgan fingerprint density at radius 3 is 2.36 bits per heavy atom. The maximum Gasteiger partial charge on any atom is 0.240 e. The topological polar surface area (TPSA) is 66.5 Å². The van der Waals surface area contributed by atoms with Gasteiger partial charge < -0.3 is 4.90 Å². The van der Waals surface area contributed by atoms with Crippen molar-refractivity contribution in [2.45, 2.75) is 25.3 Å². The molecule has 0 heterocycles. The fourth-order valence-corrected chi connectivity index (χ4v) is 3.80. The normalized spacial score (nSPS) is 11.3. The summed E-state index contributed by atoms with van der Waals surface area (Å²) in [6, 6.07) is 14.0. The van der Waals surface area contributed by atoms with Crippen molar-refractivity contribution in [1.29, 1.82) is 0 Å². The average Bonchev–Trinajstić information content (AvgIpc) is 2.55. The molecule has 0 saturated heterocycles. The molecule has 7 heteroatoms. The van der Waals surface area contributed by atoms with E-state index in [-0.39, 0.29) is 23.9 Å². The molecule has 0 saturated carbocycles. The van der Waals surface area contributed by atoms with Gasteiger partial charge in [-0.25, -0.2) is 13.1 Å². The van der Waals surface area contributed by atoms with Crippen LogP contribution in [0.4, 0.5) is 0 Å². The van der Waals surface area contributed by atoms with Gasteiger partial charge in [0.2, 0.25) is 15.9 Å².